The van der Waals surface area contributed by atoms with Crippen LogP contribution >= 0.6 is 0 Å². The van der Waals surface area contributed by atoms with Crippen LogP contribution in [0.4, 0.5) is 0 Å². The summed E-state index contributed by atoms with van der Waals surface area (Å²) in [7, 11) is 0. The molecule has 4 N–H and O–H groups in total. The number of rotatable bonds is 8. The molecule has 1 aliphatic heterocycles. The Morgan fingerprint density at radius 2 is 1.44 bits per heavy atom. The quantitative estimate of drug-likeness (QED) is 0.345. The number of pyridine rings is 2. The largest absolute Gasteiger partial charge is 0.388 e. The van der Waals surface area contributed by atoms with E-state index in [0.29, 0.717) is 25.3 Å². The van der Waals surface area contributed by atoms with E-state index < -0.39 is 30.7 Å². The molecule has 0 amide bonds. The summed E-state index contributed by atoms with van der Waals surface area (Å²) in [5.41, 5.74) is 2.51. The van der Waals surface area contributed by atoms with Gasteiger partial charge in [-0.1, -0.05) is 17.3 Å². The van der Waals surface area contributed by atoms with E-state index in [1.54, 1.807) is 18.6 Å². The van der Waals surface area contributed by atoms with Crippen molar-refractivity contribution in [2.24, 2.45) is 0 Å². The first-order valence-electron chi connectivity index (χ1n) is 10.3. The Bertz CT molecular complexity index is 934. The van der Waals surface area contributed by atoms with E-state index >= 15 is 0 Å². The van der Waals surface area contributed by atoms with E-state index in [4.69, 9.17) is 4.74 Å². The van der Waals surface area contributed by atoms with Crippen LogP contribution in [-0.4, -0.2) is 81.0 Å². The minimum atomic E-state index is -1.59. The summed E-state index contributed by atoms with van der Waals surface area (Å²) in [5, 5.41) is 47.6. The first kappa shape index (κ1) is 22.4. The number of hydrogen-bond donors (Lipinski definition) is 4. The van der Waals surface area contributed by atoms with E-state index in [0.717, 1.165) is 11.4 Å². The van der Waals surface area contributed by atoms with Crippen molar-refractivity contribution in [2.45, 2.75) is 56.9 Å². The zero-order valence-corrected chi connectivity index (χ0v) is 17.3. The average Bonchev–Trinajstić information content (AvgIpc) is 3.24. The maximum atomic E-state index is 10.1. The van der Waals surface area contributed by atoms with Crippen LogP contribution in [0.5, 0.6) is 0 Å². The van der Waals surface area contributed by atoms with E-state index in [-0.39, 0.29) is 6.54 Å². The van der Waals surface area contributed by atoms with Gasteiger partial charge in [0, 0.05) is 38.2 Å². The lowest BCUT2D eigenvalue weighted by molar-refractivity contribution is -0.284. The molecule has 0 saturated carbocycles. The number of hydrogen-bond acceptors (Lipinski definition) is 10. The molecule has 1 saturated heterocycles. The molecule has 5 atom stereocenters. The van der Waals surface area contributed by atoms with Crippen LogP contribution in [0.2, 0.25) is 0 Å². The lowest BCUT2D eigenvalue weighted by Gasteiger charge is -2.38. The molecule has 0 aliphatic carbocycles. The fourth-order valence-electron chi connectivity index (χ4n) is 3.60. The highest BCUT2D eigenvalue weighted by Crippen LogP contribution is 2.21. The fraction of sp³-hybridized carbons (Fsp3) is 0.429. The van der Waals surface area contributed by atoms with Gasteiger partial charge in [0.15, 0.2) is 6.29 Å². The van der Waals surface area contributed by atoms with Crippen LogP contribution in [0.3, 0.4) is 0 Å². The maximum absolute atomic E-state index is 10.1. The molecule has 1 unspecified atom stereocenters. The van der Waals surface area contributed by atoms with Gasteiger partial charge in [0.05, 0.1) is 23.6 Å². The number of aliphatic hydroxyl groups is 4. The van der Waals surface area contributed by atoms with Gasteiger partial charge in [0.25, 0.3) is 0 Å². The third kappa shape index (κ3) is 5.51. The van der Waals surface area contributed by atoms with Crippen molar-refractivity contribution in [3.63, 3.8) is 0 Å². The van der Waals surface area contributed by atoms with E-state index in [9.17, 15) is 20.4 Å². The molecule has 1 aliphatic rings. The SMILES string of the molecule is OC1O[C@H](Cn2cc(CN(Cc3ccccn3)Cc3ccccn3)nn2)[C@H](O)[C@H](O)[C@H]1O. The second-order valence-corrected chi connectivity index (χ2v) is 7.76. The Hall–Kier alpha value is -2.80. The lowest BCUT2D eigenvalue weighted by Crippen LogP contribution is -2.58. The predicted molar refractivity (Wildman–Crippen MR) is 110 cm³/mol. The summed E-state index contributed by atoms with van der Waals surface area (Å²) in [6.45, 7) is 1.71. The molecule has 3 aromatic rings. The van der Waals surface area contributed by atoms with E-state index in [1.165, 1.54) is 4.68 Å². The number of aliphatic hydroxyl groups excluding tert-OH is 4. The molecular weight excluding hydrogens is 416 g/mol. The van der Waals surface area contributed by atoms with Crippen LogP contribution in [0.15, 0.2) is 55.0 Å². The van der Waals surface area contributed by atoms with Crippen LogP contribution in [0.1, 0.15) is 17.1 Å². The van der Waals surface area contributed by atoms with Gasteiger partial charge in [0.1, 0.15) is 24.4 Å². The van der Waals surface area contributed by atoms with Crippen LogP contribution in [0.25, 0.3) is 0 Å². The standard InChI is InChI=1S/C21H26N6O5/c28-18-17(32-21(31)20(30)19(18)29)13-27-12-16(24-25-27)11-26(9-14-5-1-3-7-22-14)10-15-6-2-4-8-23-15/h1-8,12,17-21,28-31H,9-11,13H2/t17-,18+,19+,20-,21?/m1/s1. The first-order valence-corrected chi connectivity index (χ1v) is 10.3. The van der Waals surface area contributed by atoms with Gasteiger partial charge >= 0.3 is 0 Å². The molecule has 32 heavy (non-hydrogen) atoms. The fourth-order valence-corrected chi connectivity index (χ4v) is 3.60. The third-order valence-corrected chi connectivity index (χ3v) is 5.25. The van der Waals surface area contributed by atoms with E-state index in [2.05, 4.69) is 25.2 Å². The Morgan fingerprint density at radius 1 is 0.812 bits per heavy atom. The van der Waals surface area contributed by atoms with Crippen molar-refractivity contribution in [1.29, 1.82) is 0 Å². The highest BCUT2D eigenvalue weighted by Gasteiger charge is 2.43. The van der Waals surface area contributed by atoms with Crippen molar-refractivity contribution in [3.05, 3.63) is 72.1 Å². The topological polar surface area (TPSA) is 150 Å². The second-order valence-electron chi connectivity index (χ2n) is 7.76. The van der Waals surface area contributed by atoms with Crippen molar-refractivity contribution in [1.82, 2.24) is 29.9 Å². The summed E-state index contributed by atoms with van der Waals surface area (Å²) in [6, 6.07) is 11.5. The summed E-state index contributed by atoms with van der Waals surface area (Å²) >= 11 is 0. The van der Waals surface area contributed by atoms with Gasteiger partial charge in [-0.3, -0.25) is 14.9 Å². The molecule has 0 aromatic carbocycles. The normalized spacial score (nSPS) is 25.8. The lowest BCUT2D eigenvalue weighted by atomic mass is 9.99. The van der Waals surface area contributed by atoms with Gasteiger partial charge in [-0.15, -0.1) is 5.10 Å². The smallest absolute Gasteiger partial charge is 0.184 e. The van der Waals surface area contributed by atoms with Crippen molar-refractivity contribution in [3.8, 4) is 0 Å². The molecule has 3 aromatic heterocycles. The van der Waals surface area contributed by atoms with Crippen LogP contribution in [-0.2, 0) is 30.9 Å². The zero-order chi connectivity index (χ0) is 22.5. The minimum Gasteiger partial charge on any atom is -0.388 e. The summed E-state index contributed by atoms with van der Waals surface area (Å²) < 4.78 is 6.69. The Labute approximate surface area is 184 Å². The monoisotopic (exact) mass is 442 g/mol. The molecule has 1 fully saturated rings. The van der Waals surface area contributed by atoms with E-state index in [1.807, 2.05) is 36.4 Å². The predicted octanol–water partition coefficient (Wildman–Crippen LogP) is -0.930. The van der Waals surface area contributed by atoms with Crippen molar-refractivity contribution < 1.29 is 25.2 Å². The third-order valence-electron chi connectivity index (χ3n) is 5.25. The summed E-state index contributed by atoms with van der Waals surface area (Å²) in [4.78, 5) is 10.9. The molecular formula is C21H26N6O5. The number of aromatic nitrogens is 5. The number of nitrogens with zero attached hydrogens (tertiary/aromatic N) is 6. The Kier molecular flexibility index (Phi) is 7.15. The van der Waals surface area contributed by atoms with Crippen LogP contribution in [0, 0.1) is 0 Å². The first-order chi connectivity index (χ1) is 15.5. The van der Waals surface area contributed by atoms with Gasteiger partial charge in [-0.25, -0.2) is 4.68 Å². The molecule has 0 bridgehead atoms. The summed E-state index contributed by atoms with van der Waals surface area (Å²) in [5.74, 6) is 0. The van der Waals surface area contributed by atoms with Gasteiger partial charge in [0.2, 0.25) is 0 Å². The van der Waals surface area contributed by atoms with Crippen molar-refractivity contribution >= 4 is 0 Å². The molecule has 0 radical (unpaired) electrons. The Balaban J connectivity index is 1.43. The highest BCUT2D eigenvalue weighted by atomic mass is 16.6. The maximum Gasteiger partial charge on any atom is 0.184 e. The second kappa shape index (κ2) is 10.2. The molecule has 11 heteroatoms. The molecule has 4 rings (SSSR count). The molecule has 0 spiro atoms. The molecule has 11 nitrogen and oxygen atoms in total. The average molecular weight is 442 g/mol. The van der Waals surface area contributed by atoms with Gasteiger partial charge in [-0.2, -0.15) is 0 Å². The zero-order valence-electron chi connectivity index (χ0n) is 17.3. The summed E-state index contributed by atoms with van der Waals surface area (Å²) in [6.07, 6.45) is -1.78. The van der Waals surface area contributed by atoms with Crippen LogP contribution < -0.4 is 0 Å². The van der Waals surface area contributed by atoms with Gasteiger partial charge in [-0.05, 0) is 24.3 Å². The minimum absolute atomic E-state index is 0.0511. The Morgan fingerprint density at radius 3 is 2.03 bits per heavy atom. The van der Waals surface area contributed by atoms with Gasteiger partial charge < -0.3 is 25.2 Å². The highest BCUT2D eigenvalue weighted by molar-refractivity contribution is 5.07. The van der Waals surface area contributed by atoms with Crippen molar-refractivity contribution in [2.75, 3.05) is 0 Å². The number of ether oxygens (including phenoxy) is 1. The molecule has 170 valence electrons. The molecule has 4 heterocycles.